The lowest BCUT2D eigenvalue weighted by atomic mass is 9.74. The third-order valence-corrected chi connectivity index (χ3v) is 5.08. The number of nitriles is 6. The van der Waals surface area contributed by atoms with E-state index in [1.165, 1.54) is 0 Å². The molecule has 1 fully saturated rings. The Morgan fingerprint density at radius 1 is 0.333 bits per heavy atom. The van der Waals surface area contributed by atoms with Crippen LogP contribution in [-0.4, -0.2) is 70.5 Å². The van der Waals surface area contributed by atoms with Crippen LogP contribution in [0.3, 0.4) is 0 Å². The van der Waals surface area contributed by atoms with E-state index in [2.05, 4.69) is 30.0 Å². The lowest BCUT2D eigenvalue weighted by molar-refractivity contribution is 0.243. The molecule has 138 valence electrons. The SMILES string of the molecule is N#CC1=NC2C3N=C(C#N)C(C#N)=NC3C3N=C(C#N)C(C#N)=NC3C2N=C1C#N. The van der Waals surface area contributed by atoms with E-state index in [9.17, 15) is 31.6 Å². The second-order valence-electron chi connectivity index (χ2n) is 6.48. The van der Waals surface area contributed by atoms with Gasteiger partial charge in [-0.15, -0.1) is 0 Å². The molecule has 0 atom stereocenters. The summed E-state index contributed by atoms with van der Waals surface area (Å²) in [7, 11) is 0. The van der Waals surface area contributed by atoms with Crippen molar-refractivity contribution in [3.05, 3.63) is 0 Å². The zero-order valence-electron chi connectivity index (χ0n) is 14.8. The molecule has 3 heterocycles. The molecule has 0 radical (unpaired) electrons. The first-order valence-corrected chi connectivity index (χ1v) is 8.48. The van der Waals surface area contributed by atoms with Crippen molar-refractivity contribution < 1.29 is 0 Å². The first-order valence-electron chi connectivity index (χ1n) is 8.48. The molecular weight excluding hydrogens is 384 g/mol. The van der Waals surface area contributed by atoms with Crippen molar-refractivity contribution in [2.75, 3.05) is 0 Å². The van der Waals surface area contributed by atoms with Gasteiger partial charge in [0.25, 0.3) is 0 Å². The van der Waals surface area contributed by atoms with Crippen molar-refractivity contribution in [3.63, 3.8) is 0 Å². The molecule has 0 aromatic carbocycles. The Morgan fingerprint density at radius 2 is 0.467 bits per heavy atom. The summed E-state index contributed by atoms with van der Waals surface area (Å²) in [4.78, 5) is 26.0. The molecule has 1 saturated carbocycles. The van der Waals surface area contributed by atoms with E-state index in [0.717, 1.165) is 0 Å². The van der Waals surface area contributed by atoms with Gasteiger partial charge in [0, 0.05) is 0 Å². The van der Waals surface area contributed by atoms with Crippen LogP contribution in [0.1, 0.15) is 0 Å². The lowest BCUT2D eigenvalue weighted by Gasteiger charge is -2.46. The van der Waals surface area contributed by atoms with Crippen LogP contribution in [0.5, 0.6) is 0 Å². The Bertz CT molecular complexity index is 1020. The topological polar surface area (TPSA) is 217 Å². The molecule has 0 amide bonds. The predicted octanol–water partition coefficient (Wildman–Crippen LogP) is -0.960. The highest BCUT2D eigenvalue weighted by Gasteiger charge is 2.56. The van der Waals surface area contributed by atoms with E-state index in [4.69, 9.17) is 0 Å². The summed E-state index contributed by atoms with van der Waals surface area (Å²) < 4.78 is 0. The van der Waals surface area contributed by atoms with Crippen LogP contribution < -0.4 is 0 Å². The number of nitrogens with zero attached hydrogens (tertiary/aromatic N) is 12. The Kier molecular flexibility index (Phi) is 4.18. The minimum Gasteiger partial charge on any atom is -0.264 e. The van der Waals surface area contributed by atoms with Gasteiger partial charge >= 0.3 is 0 Å². The van der Waals surface area contributed by atoms with Gasteiger partial charge in [0.15, 0.2) is 34.3 Å². The Balaban J connectivity index is 1.94. The average Bonchev–Trinajstić information content (AvgIpc) is 2.81. The molecule has 0 unspecified atom stereocenters. The first-order chi connectivity index (χ1) is 14.6. The largest absolute Gasteiger partial charge is 0.264 e. The number of hydrogen-bond acceptors (Lipinski definition) is 12. The minimum atomic E-state index is -0.808. The van der Waals surface area contributed by atoms with Crippen LogP contribution in [0.25, 0.3) is 0 Å². The summed E-state index contributed by atoms with van der Waals surface area (Å²) in [5, 5.41) is 56.0. The van der Waals surface area contributed by atoms with E-state index in [1.54, 1.807) is 0 Å². The van der Waals surface area contributed by atoms with Crippen molar-refractivity contribution in [2.24, 2.45) is 30.0 Å². The van der Waals surface area contributed by atoms with Crippen molar-refractivity contribution in [1.82, 2.24) is 0 Å². The fourth-order valence-corrected chi connectivity index (χ4v) is 3.88. The van der Waals surface area contributed by atoms with Gasteiger partial charge in [-0.2, -0.15) is 31.6 Å². The van der Waals surface area contributed by atoms with Crippen LogP contribution in [0.15, 0.2) is 30.0 Å². The normalized spacial score (nSPS) is 33.0. The number of rotatable bonds is 0. The van der Waals surface area contributed by atoms with Gasteiger partial charge in [0.05, 0.1) is 0 Å². The number of aliphatic imine (C=N–C) groups is 6. The molecule has 0 bridgehead atoms. The third kappa shape index (κ3) is 2.47. The smallest absolute Gasteiger partial charge is 0.172 e. The minimum absolute atomic E-state index is 0.179. The predicted molar refractivity (Wildman–Crippen MR) is 101 cm³/mol. The molecule has 0 aromatic rings. The van der Waals surface area contributed by atoms with Gasteiger partial charge in [0.1, 0.15) is 72.7 Å². The maximum atomic E-state index is 9.34. The molecule has 12 heteroatoms. The molecule has 3 aliphatic heterocycles. The van der Waals surface area contributed by atoms with Crippen molar-refractivity contribution in [1.29, 1.82) is 31.6 Å². The van der Waals surface area contributed by atoms with Gasteiger partial charge in [-0.05, 0) is 0 Å². The highest BCUT2D eigenvalue weighted by Crippen LogP contribution is 2.38. The van der Waals surface area contributed by atoms with E-state index < -0.39 is 36.3 Å². The Labute approximate surface area is 169 Å². The number of hydrogen-bond donors (Lipinski definition) is 0. The maximum absolute atomic E-state index is 9.34. The van der Waals surface area contributed by atoms with Crippen LogP contribution in [-0.2, 0) is 0 Å². The molecule has 30 heavy (non-hydrogen) atoms. The van der Waals surface area contributed by atoms with Crippen molar-refractivity contribution >= 4 is 34.3 Å². The highest BCUT2D eigenvalue weighted by molar-refractivity contribution is 6.55. The van der Waals surface area contributed by atoms with Crippen molar-refractivity contribution in [3.8, 4) is 36.4 Å². The van der Waals surface area contributed by atoms with Crippen molar-refractivity contribution in [2.45, 2.75) is 36.3 Å². The summed E-state index contributed by atoms with van der Waals surface area (Å²) in [6.45, 7) is 0. The van der Waals surface area contributed by atoms with Crippen LogP contribution in [0.4, 0.5) is 0 Å². The van der Waals surface area contributed by atoms with Gasteiger partial charge in [-0.1, -0.05) is 0 Å². The second-order valence-corrected chi connectivity index (χ2v) is 6.48. The van der Waals surface area contributed by atoms with Crippen LogP contribution in [0.2, 0.25) is 0 Å². The number of fused-ring (bicyclic) bond motifs is 6. The van der Waals surface area contributed by atoms with E-state index in [-0.39, 0.29) is 34.3 Å². The zero-order valence-corrected chi connectivity index (χ0v) is 14.8. The molecule has 0 saturated heterocycles. The molecule has 1 aliphatic carbocycles. The molecule has 4 rings (SSSR count). The van der Waals surface area contributed by atoms with E-state index in [0.29, 0.717) is 0 Å². The second kappa shape index (κ2) is 6.84. The van der Waals surface area contributed by atoms with E-state index >= 15 is 0 Å². The van der Waals surface area contributed by atoms with Gasteiger partial charge < -0.3 is 0 Å². The molecule has 4 aliphatic rings. The summed E-state index contributed by atoms with van der Waals surface area (Å²) in [5.74, 6) is 0. The maximum Gasteiger partial charge on any atom is 0.172 e. The average molecular weight is 390 g/mol. The van der Waals surface area contributed by atoms with Crippen LogP contribution >= 0.6 is 0 Å². The highest BCUT2D eigenvalue weighted by atomic mass is 15.2. The molecule has 12 nitrogen and oxygen atoms in total. The first kappa shape index (κ1) is 18.3. The Morgan fingerprint density at radius 3 is 0.567 bits per heavy atom. The standard InChI is InChI=1S/C18H6N12/c19-1-7-8(2-20)26-14-13(25-7)15-17(29-10(4-22)9(3-21)27-15)18-16(14)28-11(5-23)12(6-24)30-18/h13-18H. The van der Waals surface area contributed by atoms with E-state index in [1.807, 2.05) is 36.4 Å². The summed E-state index contributed by atoms with van der Waals surface area (Å²) in [6.07, 6.45) is 0. The van der Waals surface area contributed by atoms with Gasteiger partial charge in [-0.3, -0.25) is 30.0 Å². The quantitative estimate of drug-likeness (QED) is 0.506. The molecule has 0 spiro atoms. The fourth-order valence-electron chi connectivity index (χ4n) is 3.88. The Hall–Kier alpha value is -5.04. The molecule has 0 N–H and O–H groups in total. The summed E-state index contributed by atoms with van der Waals surface area (Å²) >= 11 is 0. The lowest BCUT2D eigenvalue weighted by Crippen LogP contribution is -2.64. The summed E-state index contributed by atoms with van der Waals surface area (Å²) in [6, 6.07) is 6.09. The van der Waals surface area contributed by atoms with Crippen LogP contribution in [0, 0.1) is 68.0 Å². The summed E-state index contributed by atoms with van der Waals surface area (Å²) in [5.41, 5.74) is -1.08. The fraction of sp³-hybridized carbons (Fsp3) is 0.333. The molecular formula is C18H6N12. The molecule has 0 aromatic heterocycles. The third-order valence-electron chi connectivity index (χ3n) is 5.08. The monoisotopic (exact) mass is 390 g/mol. The zero-order chi connectivity index (χ0) is 21.4. The van der Waals surface area contributed by atoms with Gasteiger partial charge in [-0.25, -0.2) is 0 Å². The van der Waals surface area contributed by atoms with Gasteiger partial charge in [0.2, 0.25) is 0 Å².